The number of anilines is 2. The Bertz CT molecular complexity index is 815. The lowest BCUT2D eigenvalue weighted by molar-refractivity contribution is 0.395. The van der Waals surface area contributed by atoms with E-state index in [2.05, 4.69) is 15.5 Å². The summed E-state index contributed by atoms with van der Waals surface area (Å²) in [6.45, 7) is 0. The zero-order valence-electron chi connectivity index (χ0n) is 13.6. The number of hydrogen-bond acceptors (Lipinski definition) is 7. The van der Waals surface area contributed by atoms with Crippen LogP contribution < -0.4 is 19.5 Å². The lowest BCUT2D eigenvalue weighted by atomic mass is 10.2. The minimum absolute atomic E-state index is 0.268. The molecular formula is C17H17N3O4. The molecule has 0 aliphatic rings. The van der Waals surface area contributed by atoms with Crippen molar-refractivity contribution in [3.05, 3.63) is 42.5 Å². The van der Waals surface area contributed by atoms with Crippen LogP contribution in [-0.2, 0) is 0 Å². The first-order valence-corrected chi connectivity index (χ1v) is 7.20. The summed E-state index contributed by atoms with van der Waals surface area (Å²) in [5.74, 6) is 2.55. The Morgan fingerprint density at radius 2 is 1.58 bits per heavy atom. The predicted octanol–water partition coefficient (Wildman–Crippen LogP) is 3.51. The van der Waals surface area contributed by atoms with E-state index in [-0.39, 0.29) is 6.01 Å². The van der Waals surface area contributed by atoms with E-state index in [1.165, 1.54) is 0 Å². The average Bonchev–Trinajstić information content (AvgIpc) is 3.10. The van der Waals surface area contributed by atoms with Gasteiger partial charge < -0.3 is 24.1 Å². The second-order valence-electron chi connectivity index (χ2n) is 4.84. The SMILES string of the molecule is COc1ccc(-c2noc(Nc3ccc(OC)cc3OC)n2)cc1. The highest BCUT2D eigenvalue weighted by molar-refractivity contribution is 5.65. The molecule has 7 heteroatoms. The highest BCUT2D eigenvalue weighted by atomic mass is 16.5. The standard InChI is InChI=1S/C17H17N3O4/c1-21-12-6-4-11(5-7-12)16-19-17(24-20-16)18-14-9-8-13(22-2)10-15(14)23-3/h4-10H,1-3H3,(H,18,19,20). The highest BCUT2D eigenvalue weighted by Crippen LogP contribution is 2.31. The zero-order chi connectivity index (χ0) is 16.9. The summed E-state index contributed by atoms with van der Waals surface area (Å²) in [5, 5.41) is 7.01. The van der Waals surface area contributed by atoms with E-state index in [1.807, 2.05) is 36.4 Å². The molecule has 24 heavy (non-hydrogen) atoms. The van der Waals surface area contributed by atoms with Crippen molar-refractivity contribution < 1.29 is 18.7 Å². The number of nitrogens with one attached hydrogen (secondary N) is 1. The molecule has 1 aromatic heterocycles. The smallest absolute Gasteiger partial charge is 0.326 e. The van der Waals surface area contributed by atoms with Gasteiger partial charge in [0.05, 0.1) is 27.0 Å². The van der Waals surface area contributed by atoms with E-state index in [0.29, 0.717) is 23.0 Å². The topological polar surface area (TPSA) is 78.6 Å². The van der Waals surface area contributed by atoms with Crippen LogP contribution in [0.1, 0.15) is 0 Å². The molecule has 1 heterocycles. The summed E-state index contributed by atoms with van der Waals surface area (Å²) < 4.78 is 20.9. The fourth-order valence-electron chi connectivity index (χ4n) is 2.15. The molecule has 0 spiro atoms. The Balaban J connectivity index is 1.81. The first-order chi connectivity index (χ1) is 11.7. The van der Waals surface area contributed by atoms with Gasteiger partial charge in [-0.05, 0) is 36.4 Å². The van der Waals surface area contributed by atoms with Crippen molar-refractivity contribution in [3.8, 4) is 28.6 Å². The van der Waals surface area contributed by atoms with Gasteiger partial charge in [-0.25, -0.2) is 0 Å². The van der Waals surface area contributed by atoms with Crippen LogP contribution in [0.2, 0.25) is 0 Å². The molecule has 0 aliphatic carbocycles. The first kappa shape index (κ1) is 15.7. The second kappa shape index (κ2) is 6.91. The summed E-state index contributed by atoms with van der Waals surface area (Å²) in [4.78, 5) is 4.33. The Morgan fingerprint density at radius 3 is 2.25 bits per heavy atom. The van der Waals surface area contributed by atoms with Crippen LogP contribution in [0.5, 0.6) is 17.2 Å². The molecule has 0 unspecified atom stereocenters. The number of benzene rings is 2. The summed E-state index contributed by atoms with van der Waals surface area (Å²) in [6.07, 6.45) is 0. The van der Waals surface area contributed by atoms with Gasteiger partial charge in [0.2, 0.25) is 5.82 Å². The Hall–Kier alpha value is -3.22. The summed E-state index contributed by atoms with van der Waals surface area (Å²) in [5.41, 5.74) is 1.53. The number of rotatable bonds is 6. The lowest BCUT2D eigenvalue weighted by Gasteiger charge is -2.09. The summed E-state index contributed by atoms with van der Waals surface area (Å²) >= 11 is 0. The molecule has 3 aromatic rings. The molecular weight excluding hydrogens is 310 g/mol. The molecule has 3 rings (SSSR count). The van der Waals surface area contributed by atoms with E-state index < -0.39 is 0 Å². The molecule has 0 saturated heterocycles. The molecule has 0 aliphatic heterocycles. The Labute approximate surface area is 139 Å². The number of hydrogen-bond donors (Lipinski definition) is 1. The number of nitrogens with zero attached hydrogens (tertiary/aromatic N) is 2. The van der Waals surface area contributed by atoms with E-state index >= 15 is 0 Å². The Kier molecular flexibility index (Phi) is 4.51. The van der Waals surface area contributed by atoms with Crippen LogP contribution in [0.4, 0.5) is 11.7 Å². The minimum atomic E-state index is 0.268. The fourth-order valence-corrected chi connectivity index (χ4v) is 2.15. The van der Waals surface area contributed by atoms with E-state index in [9.17, 15) is 0 Å². The third kappa shape index (κ3) is 3.24. The van der Waals surface area contributed by atoms with Gasteiger partial charge in [0, 0.05) is 11.6 Å². The Morgan fingerprint density at radius 1 is 0.875 bits per heavy atom. The van der Waals surface area contributed by atoms with Gasteiger partial charge in [0.1, 0.15) is 17.2 Å². The largest absolute Gasteiger partial charge is 0.497 e. The van der Waals surface area contributed by atoms with Crippen molar-refractivity contribution in [1.29, 1.82) is 0 Å². The zero-order valence-corrected chi connectivity index (χ0v) is 13.6. The molecule has 0 bridgehead atoms. The maximum absolute atomic E-state index is 5.33. The molecule has 0 saturated carbocycles. The quantitative estimate of drug-likeness (QED) is 0.742. The summed E-state index contributed by atoms with van der Waals surface area (Å²) in [6, 6.07) is 13.1. The monoisotopic (exact) mass is 327 g/mol. The molecule has 1 N–H and O–H groups in total. The van der Waals surface area contributed by atoms with Crippen molar-refractivity contribution in [2.45, 2.75) is 0 Å². The van der Waals surface area contributed by atoms with Gasteiger partial charge in [-0.15, -0.1) is 0 Å². The van der Waals surface area contributed by atoms with Gasteiger partial charge in [-0.2, -0.15) is 4.98 Å². The fraction of sp³-hybridized carbons (Fsp3) is 0.176. The van der Waals surface area contributed by atoms with Crippen LogP contribution in [0.25, 0.3) is 11.4 Å². The number of methoxy groups -OCH3 is 3. The first-order valence-electron chi connectivity index (χ1n) is 7.20. The van der Waals surface area contributed by atoms with Crippen LogP contribution in [0.3, 0.4) is 0 Å². The van der Waals surface area contributed by atoms with Crippen LogP contribution in [0, 0.1) is 0 Å². The van der Waals surface area contributed by atoms with Crippen molar-refractivity contribution in [2.75, 3.05) is 26.6 Å². The van der Waals surface area contributed by atoms with Crippen molar-refractivity contribution >= 4 is 11.7 Å². The molecule has 7 nitrogen and oxygen atoms in total. The third-order valence-corrected chi connectivity index (χ3v) is 3.42. The van der Waals surface area contributed by atoms with Crippen LogP contribution in [0.15, 0.2) is 47.0 Å². The molecule has 124 valence electrons. The van der Waals surface area contributed by atoms with Gasteiger partial charge in [-0.1, -0.05) is 5.16 Å². The van der Waals surface area contributed by atoms with Gasteiger partial charge in [0.25, 0.3) is 0 Å². The minimum Gasteiger partial charge on any atom is -0.497 e. The third-order valence-electron chi connectivity index (χ3n) is 3.42. The normalized spacial score (nSPS) is 10.3. The molecule has 0 radical (unpaired) electrons. The van der Waals surface area contributed by atoms with Crippen LogP contribution >= 0.6 is 0 Å². The van der Waals surface area contributed by atoms with Gasteiger partial charge >= 0.3 is 6.01 Å². The molecule has 0 amide bonds. The lowest BCUT2D eigenvalue weighted by Crippen LogP contribution is -1.95. The number of ether oxygens (including phenoxy) is 3. The van der Waals surface area contributed by atoms with Crippen molar-refractivity contribution in [2.24, 2.45) is 0 Å². The van der Waals surface area contributed by atoms with Crippen molar-refractivity contribution in [3.63, 3.8) is 0 Å². The molecule has 0 fully saturated rings. The average molecular weight is 327 g/mol. The van der Waals surface area contributed by atoms with E-state index in [4.69, 9.17) is 18.7 Å². The van der Waals surface area contributed by atoms with Crippen molar-refractivity contribution in [1.82, 2.24) is 10.1 Å². The van der Waals surface area contributed by atoms with Gasteiger partial charge in [0.15, 0.2) is 0 Å². The maximum Gasteiger partial charge on any atom is 0.326 e. The van der Waals surface area contributed by atoms with E-state index in [1.54, 1.807) is 27.4 Å². The molecule has 0 atom stereocenters. The van der Waals surface area contributed by atoms with Crippen LogP contribution in [-0.4, -0.2) is 31.5 Å². The second-order valence-corrected chi connectivity index (χ2v) is 4.84. The molecule has 2 aromatic carbocycles. The van der Waals surface area contributed by atoms with Gasteiger partial charge in [-0.3, -0.25) is 0 Å². The highest BCUT2D eigenvalue weighted by Gasteiger charge is 2.12. The maximum atomic E-state index is 5.33. The number of aromatic nitrogens is 2. The van der Waals surface area contributed by atoms with E-state index in [0.717, 1.165) is 11.3 Å². The summed E-state index contributed by atoms with van der Waals surface area (Å²) in [7, 11) is 4.80. The predicted molar refractivity (Wildman–Crippen MR) is 89.1 cm³/mol.